The molecule has 1 aliphatic rings. The molecule has 0 aliphatic heterocycles. The molecule has 1 heterocycles. The molecule has 70 valence electrons. The molecule has 0 radical (unpaired) electrons. The van der Waals surface area contributed by atoms with E-state index < -0.39 is 0 Å². The lowest BCUT2D eigenvalue weighted by Crippen LogP contribution is -1.91. The molecule has 2 heteroatoms. The van der Waals surface area contributed by atoms with E-state index in [9.17, 15) is 0 Å². The fourth-order valence-electron chi connectivity index (χ4n) is 1.92. The molecule has 3 rings (SSSR count). The highest BCUT2D eigenvalue weighted by molar-refractivity contribution is 9.11. The van der Waals surface area contributed by atoms with Crippen LogP contribution >= 0.6 is 15.9 Å². The minimum Gasteiger partial charge on any atom is -0.460 e. The van der Waals surface area contributed by atoms with Crippen molar-refractivity contribution in [3.63, 3.8) is 0 Å². The summed E-state index contributed by atoms with van der Waals surface area (Å²) in [5.74, 6) is 1.12. The molecule has 1 aliphatic carbocycles. The van der Waals surface area contributed by atoms with E-state index in [4.69, 9.17) is 4.42 Å². The van der Waals surface area contributed by atoms with Crippen molar-refractivity contribution < 1.29 is 4.42 Å². The third-order valence-electron chi connectivity index (χ3n) is 2.60. The minimum absolute atomic E-state index is 0.996. The van der Waals surface area contributed by atoms with Gasteiger partial charge in [-0.1, -0.05) is 34.1 Å². The summed E-state index contributed by atoms with van der Waals surface area (Å²) >= 11 is 3.55. The van der Waals surface area contributed by atoms with Crippen LogP contribution in [0, 0.1) is 0 Å². The Morgan fingerprint density at radius 2 is 2.00 bits per heavy atom. The molecule has 1 aromatic heterocycles. The normalized spacial score (nSPS) is 15.4. The number of aryl methyl sites for hydroxylation is 1. The van der Waals surface area contributed by atoms with Gasteiger partial charge in [0.2, 0.25) is 0 Å². The highest BCUT2D eigenvalue weighted by atomic mass is 79.9. The van der Waals surface area contributed by atoms with E-state index in [1.54, 1.807) is 0 Å². The molecule has 0 N–H and O–H groups in total. The van der Waals surface area contributed by atoms with Crippen LogP contribution < -0.4 is 0 Å². The number of hydrogen-bond acceptors (Lipinski definition) is 1. The topological polar surface area (TPSA) is 13.1 Å². The summed E-state index contributed by atoms with van der Waals surface area (Å²) in [5.41, 5.74) is 2.25. The summed E-state index contributed by atoms with van der Waals surface area (Å²) in [7, 11) is 0. The Balaban J connectivity index is 2.37. The van der Waals surface area contributed by atoms with E-state index in [1.165, 1.54) is 15.4 Å². The molecule has 0 bridgehead atoms. The second kappa shape index (κ2) is 2.99. The summed E-state index contributed by atoms with van der Waals surface area (Å²) in [6.07, 6.45) is 4.22. The van der Waals surface area contributed by atoms with Crippen molar-refractivity contribution in [3.8, 4) is 0 Å². The highest BCUT2D eigenvalue weighted by Gasteiger charge is 2.16. The molecule has 0 unspecified atom stereocenters. The Labute approximate surface area is 90.5 Å². The van der Waals surface area contributed by atoms with Gasteiger partial charge in [0.15, 0.2) is 0 Å². The molecule has 0 fully saturated rings. The van der Waals surface area contributed by atoms with Gasteiger partial charge in [0.1, 0.15) is 11.3 Å². The predicted octanol–water partition coefficient (Wildman–Crippen LogP) is 4.11. The fraction of sp³-hybridized carbons (Fsp3) is 0.167. The Kier molecular flexibility index (Phi) is 1.77. The zero-order valence-electron chi connectivity index (χ0n) is 7.59. The molecule has 2 aromatic rings. The van der Waals surface area contributed by atoms with Crippen molar-refractivity contribution >= 4 is 33.0 Å². The average molecular weight is 249 g/mol. The van der Waals surface area contributed by atoms with Gasteiger partial charge >= 0.3 is 0 Å². The second-order valence-corrected chi connectivity index (χ2v) is 4.54. The van der Waals surface area contributed by atoms with Crippen LogP contribution in [-0.4, -0.2) is 0 Å². The lowest BCUT2D eigenvalue weighted by Gasteiger charge is -2.05. The Hall–Kier alpha value is -1.02. The van der Waals surface area contributed by atoms with Crippen LogP contribution in [0.5, 0.6) is 0 Å². The molecule has 0 saturated heterocycles. The number of hydrogen-bond donors (Lipinski definition) is 0. The number of para-hydroxylation sites is 1. The summed E-state index contributed by atoms with van der Waals surface area (Å²) in [4.78, 5) is 0. The molecule has 0 atom stereocenters. The van der Waals surface area contributed by atoms with Gasteiger partial charge in [-0.2, -0.15) is 0 Å². The lowest BCUT2D eigenvalue weighted by atomic mass is 10.0. The zero-order valence-corrected chi connectivity index (χ0v) is 9.17. The largest absolute Gasteiger partial charge is 0.460 e. The van der Waals surface area contributed by atoms with E-state index in [0.717, 1.165) is 24.2 Å². The Morgan fingerprint density at radius 1 is 1.14 bits per heavy atom. The van der Waals surface area contributed by atoms with Gasteiger partial charge < -0.3 is 4.42 Å². The molecule has 1 nitrogen and oxygen atoms in total. The van der Waals surface area contributed by atoms with Gasteiger partial charge in [0.05, 0.1) is 0 Å². The van der Waals surface area contributed by atoms with Crippen molar-refractivity contribution in [2.24, 2.45) is 0 Å². The fourth-order valence-corrected chi connectivity index (χ4v) is 2.35. The van der Waals surface area contributed by atoms with E-state index in [1.807, 2.05) is 12.1 Å². The molecule has 14 heavy (non-hydrogen) atoms. The Bertz CT molecular complexity index is 522. The molecule has 0 amide bonds. The number of halogens is 1. The maximum absolute atomic E-state index is 5.77. The number of fused-ring (bicyclic) bond motifs is 3. The second-order valence-electron chi connectivity index (χ2n) is 3.53. The first-order valence-corrected chi connectivity index (χ1v) is 5.50. The van der Waals surface area contributed by atoms with Gasteiger partial charge in [-0.05, 0) is 23.0 Å². The number of allylic oxidation sites excluding steroid dienone is 1. The van der Waals surface area contributed by atoms with Crippen molar-refractivity contribution in [2.75, 3.05) is 0 Å². The number of furan rings is 1. The van der Waals surface area contributed by atoms with Crippen LogP contribution in [0.2, 0.25) is 0 Å². The summed E-state index contributed by atoms with van der Waals surface area (Å²) < 4.78 is 7.03. The number of benzene rings is 1. The standard InChI is InChI=1S/C12H9BrO/c13-8-5-6-12-10(7-8)9-3-1-2-4-11(9)14-12/h1-4,7H,5-6H2. The first-order valence-electron chi connectivity index (χ1n) is 4.71. The summed E-state index contributed by atoms with van der Waals surface area (Å²) in [5, 5.41) is 1.22. The van der Waals surface area contributed by atoms with Gasteiger partial charge in [0, 0.05) is 17.4 Å². The van der Waals surface area contributed by atoms with Gasteiger partial charge in [-0.15, -0.1) is 0 Å². The third kappa shape index (κ3) is 1.14. The van der Waals surface area contributed by atoms with Crippen LogP contribution in [0.4, 0.5) is 0 Å². The van der Waals surface area contributed by atoms with Gasteiger partial charge in [-0.25, -0.2) is 0 Å². The first-order chi connectivity index (χ1) is 6.84. The quantitative estimate of drug-likeness (QED) is 0.684. The maximum atomic E-state index is 5.77. The van der Waals surface area contributed by atoms with Crippen LogP contribution in [0.3, 0.4) is 0 Å². The molecular formula is C12H9BrO. The lowest BCUT2D eigenvalue weighted by molar-refractivity contribution is 0.545. The van der Waals surface area contributed by atoms with Crippen LogP contribution in [0.25, 0.3) is 17.0 Å². The molecular weight excluding hydrogens is 240 g/mol. The summed E-state index contributed by atoms with van der Waals surface area (Å²) in [6.45, 7) is 0. The van der Waals surface area contributed by atoms with Crippen LogP contribution in [0.15, 0.2) is 33.2 Å². The van der Waals surface area contributed by atoms with E-state index in [0.29, 0.717) is 0 Å². The van der Waals surface area contributed by atoms with E-state index in [-0.39, 0.29) is 0 Å². The zero-order chi connectivity index (χ0) is 9.54. The molecule has 1 aromatic carbocycles. The smallest absolute Gasteiger partial charge is 0.134 e. The van der Waals surface area contributed by atoms with E-state index >= 15 is 0 Å². The van der Waals surface area contributed by atoms with Crippen molar-refractivity contribution in [1.29, 1.82) is 0 Å². The Morgan fingerprint density at radius 3 is 2.93 bits per heavy atom. The maximum Gasteiger partial charge on any atom is 0.134 e. The average Bonchev–Trinajstić information content (AvgIpc) is 2.56. The van der Waals surface area contributed by atoms with Gasteiger partial charge in [0.25, 0.3) is 0 Å². The van der Waals surface area contributed by atoms with E-state index in [2.05, 4.69) is 34.1 Å². The predicted molar refractivity (Wildman–Crippen MR) is 61.4 cm³/mol. The first kappa shape index (κ1) is 8.30. The van der Waals surface area contributed by atoms with Crippen molar-refractivity contribution in [2.45, 2.75) is 12.8 Å². The van der Waals surface area contributed by atoms with Crippen molar-refractivity contribution in [3.05, 3.63) is 40.1 Å². The molecule has 0 saturated carbocycles. The summed E-state index contributed by atoms with van der Waals surface area (Å²) in [6, 6.07) is 8.19. The molecule has 0 spiro atoms. The highest BCUT2D eigenvalue weighted by Crippen LogP contribution is 2.34. The van der Waals surface area contributed by atoms with Crippen LogP contribution in [-0.2, 0) is 6.42 Å². The van der Waals surface area contributed by atoms with Gasteiger partial charge in [-0.3, -0.25) is 0 Å². The number of rotatable bonds is 0. The minimum atomic E-state index is 0.996. The third-order valence-corrected chi connectivity index (χ3v) is 3.23. The van der Waals surface area contributed by atoms with Crippen molar-refractivity contribution in [1.82, 2.24) is 0 Å². The van der Waals surface area contributed by atoms with Crippen LogP contribution in [0.1, 0.15) is 17.7 Å². The monoisotopic (exact) mass is 248 g/mol. The SMILES string of the molecule is BrC1=Cc2c(oc3ccccc23)CC1.